The summed E-state index contributed by atoms with van der Waals surface area (Å²) in [4.78, 5) is 37.9. The van der Waals surface area contributed by atoms with E-state index in [4.69, 9.17) is 4.42 Å². The van der Waals surface area contributed by atoms with Gasteiger partial charge in [-0.25, -0.2) is 9.78 Å². The number of piperazine rings is 1. The summed E-state index contributed by atoms with van der Waals surface area (Å²) in [7, 11) is 1.52. The number of hydrogen-bond donors (Lipinski definition) is 2. The van der Waals surface area contributed by atoms with Crippen molar-refractivity contribution in [3.8, 4) is 11.5 Å². The molecule has 5 aromatic rings. The molecule has 0 aliphatic carbocycles. The number of nitrogens with one attached hydrogen (secondary N) is 2. The number of nitrogens with zero attached hydrogens (tertiary/aromatic N) is 8. The quantitative estimate of drug-likeness (QED) is 0.291. The number of tetrazole rings is 1. The Hall–Kier alpha value is -5.31. The summed E-state index contributed by atoms with van der Waals surface area (Å²) < 4.78 is 32.2. The molecule has 15 heteroatoms. The normalized spacial score (nSPS) is 14.7. The molecule has 6 rings (SSSR count). The van der Waals surface area contributed by atoms with E-state index in [-0.39, 0.29) is 23.5 Å². The van der Waals surface area contributed by atoms with Crippen molar-refractivity contribution in [3.63, 3.8) is 0 Å². The monoisotopic (exact) mass is 588 g/mol. The highest BCUT2D eigenvalue weighted by Gasteiger charge is 2.32. The van der Waals surface area contributed by atoms with E-state index in [0.717, 1.165) is 5.56 Å². The molecule has 0 saturated carbocycles. The lowest BCUT2D eigenvalue weighted by molar-refractivity contribution is 0.0385. The molecule has 1 aliphatic heterocycles. The van der Waals surface area contributed by atoms with E-state index >= 15 is 0 Å². The third-order valence-corrected chi connectivity index (χ3v) is 7.04. The van der Waals surface area contributed by atoms with Crippen LogP contribution in [0, 0.1) is 0 Å². The van der Waals surface area contributed by atoms with Crippen LogP contribution in [0.5, 0.6) is 0 Å². The van der Waals surface area contributed by atoms with Gasteiger partial charge in [-0.3, -0.25) is 14.7 Å². The Balaban J connectivity index is 1.17. The lowest BCUT2D eigenvalue weighted by Crippen LogP contribution is -2.50. The van der Waals surface area contributed by atoms with Crippen molar-refractivity contribution in [2.24, 2.45) is 0 Å². The minimum absolute atomic E-state index is 0.163. The zero-order valence-corrected chi connectivity index (χ0v) is 22.9. The molecular weight excluding hydrogens is 562 g/mol. The van der Waals surface area contributed by atoms with Crippen LogP contribution in [0.1, 0.15) is 34.5 Å². The van der Waals surface area contributed by atoms with E-state index in [1.165, 1.54) is 13.2 Å². The molecule has 0 spiro atoms. The van der Waals surface area contributed by atoms with Gasteiger partial charge in [-0.2, -0.15) is 8.78 Å². The molecule has 43 heavy (non-hydrogen) atoms. The molecular formula is C28H26F2N10O3. The van der Waals surface area contributed by atoms with Gasteiger partial charge >= 0.3 is 12.6 Å². The molecule has 1 aliphatic rings. The molecule has 3 amide bonds. The van der Waals surface area contributed by atoms with Crippen molar-refractivity contribution in [3.05, 3.63) is 83.9 Å². The number of aromatic nitrogens is 6. The van der Waals surface area contributed by atoms with Crippen LogP contribution in [0.25, 0.3) is 22.6 Å². The fraction of sp³-hybridized carbons (Fsp3) is 0.250. The molecule has 4 heterocycles. The van der Waals surface area contributed by atoms with Crippen LogP contribution < -0.4 is 10.6 Å². The van der Waals surface area contributed by atoms with Crippen LogP contribution in [-0.4, -0.2) is 85.1 Å². The number of pyridine rings is 1. The van der Waals surface area contributed by atoms with Crippen molar-refractivity contribution >= 4 is 28.7 Å². The van der Waals surface area contributed by atoms with Crippen molar-refractivity contribution in [1.82, 2.24) is 45.3 Å². The number of urea groups is 1. The summed E-state index contributed by atoms with van der Waals surface area (Å²) in [5.74, 6) is 0.214. The first-order valence-corrected chi connectivity index (χ1v) is 13.4. The average Bonchev–Trinajstić information content (AvgIpc) is 3.70. The average molecular weight is 589 g/mol. The summed E-state index contributed by atoms with van der Waals surface area (Å²) >= 11 is 0. The number of halogens is 2. The molecule has 1 unspecified atom stereocenters. The van der Waals surface area contributed by atoms with E-state index < -0.39 is 12.6 Å². The number of carbonyl (C=O) groups excluding carboxylic acids is 2. The van der Waals surface area contributed by atoms with Gasteiger partial charge < -0.3 is 20.0 Å². The van der Waals surface area contributed by atoms with E-state index in [9.17, 15) is 18.4 Å². The third kappa shape index (κ3) is 5.88. The SMILES string of the molecule is CNC(=O)Nc1ccc2oc(-c3ccnc(C(=O)N4CCN(C(c5ccccc5)c5nnn(C(F)F)n5)CC4)c3)nc2c1. The molecule has 0 radical (unpaired) electrons. The fourth-order valence-electron chi connectivity index (χ4n) is 4.94. The topological polar surface area (TPSA) is 147 Å². The number of carbonyl (C=O) groups is 2. The van der Waals surface area contributed by atoms with Crippen LogP contribution in [0.4, 0.5) is 19.3 Å². The van der Waals surface area contributed by atoms with Crippen molar-refractivity contribution in [1.29, 1.82) is 0 Å². The second-order valence-electron chi connectivity index (χ2n) is 9.72. The molecule has 2 aromatic carbocycles. The Kier molecular flexibility index (Phi) is 7.70. The number of oxazole rings is 1. The Bertz CT molecular complexity index is 1750. The highest BCUT2D eigenvalue weighted by atomic mass is 19.3. The Morgan fingerprint density at radius 2 is 1.79 bits per heavy atom. The highest BCUT2D eigenvalue weighted by molar-refractivity contribution is 5.94. The molecule has 13 nitrogen and oxygen atoms in total. The molecule has 1 fully saturated rings. The minimum atomic E-state index is -2.89. The van der Waals surface area contributed by atoms with E-state index in [2.05, 4.69) is 36.0 Å². The molecule has 2 N–H and O–H groups in total. The van der Waals surface area contributed by atoms with Crippen LogP contribution in [0.2, 0.25) is 0 Å². The zero-order valence-electron chi connectivity index (χ0n) is 22.9. The number of amides is 3. The maximum absolute atomic E-state index is 13.5. The van der Waals surface area contributed by atoms with Crippen LogP contribution in [0.15, 0.2) is 71.3 Å². The lowest BCUT2D eigenvalue weighted by Gasteiger charge is -2.38. The summed E-state index contributed by atoms with van der Waals surface area (Å²) in [6.45, 7) is -1.24. The van der Waals surface area contributed by atoms with Gasteiger partial charge in [-0.15, -0.1) is 10.2 Å². The van der Waals surface area contributed by atoms with E-state index in [0.29, 0.717) is 59.2 Å². The van der Waals surface area contributed by atoms with Crippen LogP contribution in [-0.2, 0) is 0 Å². The maximum Gasteiger partial charge on any atom is 0.350 e. The van der Waals surface area contributed by atoms with Gasteiger partial charge in [0.15, 0.2) is 11.4 Å². The van der Waals surface area contributed by atoms with Gasteiger partial charge in [0.2, 0.25) is 5.89 Å². The van der Waals surface area contributed by atoms with Gasteiger partial charge in [0.25, 0.3) is 5.91 Å². The molecule has 220 valence electrons. The third-order valence-electron chi connectivity index (χ3n) is 7.04. The first-order valence-electron chi connectivity index (χ1n) is 13.4. The molecule has 3 aromatic heterocycles. The Labute approximate surface area is 243 Å². The first kappa shape index (κ1) is 27.8. The number of anilines is 1. The second-order valence-corrected chi connectivity index (χ2v) is 9.72. The summed E-state index contributed by atoms with van der Waals surface area (Å²) in [6.07, 6.45) is 1.52. The number of benzene rings is 2. The predicted octanol–water partition coefficient (Wildman–Crippen LogP) is 3.57. The highest BCUT2D eigenvalue weighted by Crippen LogP contribution is 2.29. The maximum atomic E-state index is 13.5. The smallest absolute Gasteiger partial charge is 0.350 e. The molecule has 1 saturated heterocycles. The van der Waals surface area contributed by atoms with Gasteiger partial charge in [0.1, 0.15) is 11.2 Å². The molecule has 0 bridgehead atoms. The fourth-order valence-corrected chi connectivity index (χ4v) is 4.94. The lowest BCUT2D eigenvalue weighted by atomic mass is 10.0. The number of alkyl halides is 2. The Morgan fingerprint density at radius 1 is 1.00 bits per heavy atom. The second kappa shape index (κ2) is 11.9. The van der Waals surface area contributed by atoms with Crippen molar-refractivity contribution in [2.75, 3.05) is 38.5 Å². The number of hydrogen-bond acceptors (Lipinski definition) is 9. The van der Waals surface area contributed by atoms with Crippen molar-refractivity contribution in [2.45, 2.75) is 12.6 Å². The standard InChI is InChI=1S/C28H26F2N10O3/c1-31-28(42)33-19-7-8-22-20(16-19)34-25(43-22)18-9-10-32-21(15-18)26(41)39-13-11-38(12-14-39)23(17-5-3-2-4-6-17)24-35-37-40(36-24)27(29)30/h2-10,15-16,23,27H,11-14H2,1H3,(H2,31,33,42). The number of fused-ring (bicyclic) bond motifs is 1. The largest absolute Gasteiger partial charge is 0.436 e. The van der Waals surface area contributed by atoms with Crippen LogP contribution in [0.3, 0.4) is 0 Å². The summed E-state index contributed by atoms with van der Waals surface area (Å²) in [5.41, 5.74) is 3.26. The van der Waals surface area contributed by atoms with E-state index in [1.54, 1.807) is 35.2 Å². The van der Waals surface area contributed by atoms with Crippen molar-refractivity contribution < 1.29 is 22.8 Å². The van der Waals surface area contributed by atoms with Gasteiger partial charge in [0, 0.05) is 50.7 Å². The predicted molar refractivity (Wildman–Crippen MR) is 150 cm³/mol. The zero-order chi connectivity index (χ0) is 29.9. The summed E-state index contributed by atoms with van der Waals surface area (Å²) in [5, 5.41) is 16.5. The number of rotatable bonds is 7. The minimum Gasteiger partial charge on any atom is -0.436 e. The van der Waals surface area contributed by atoms with Crippen LogP contribution >= 0.6 is 0 Å². The summed E-state index contributed by atoms with van der Waals surface area (Å²) in [6, 6.07) is 16.9. The van der Waals surface area contributed by atoms with Gasteiger partial charge in [-0.05, 0) is 41.1 Å². The van der Waals surface area contributed by atoms with Gasteiger partial charge in [-0.1, -0.05) is 35.1 Å². The van der Waals surface area contributed by atoms with Gasteiger partial charge in [0.05, 0.1) is 6.04 Å². The van der Waals surface area contributed by atoms with E-state index in [1.807, 2.05) is 35.2 Å². The first-order chi connectivity index (χ1) is 20.9. The molecule has 1 atom stereocenters. The Morgan fingerprint density at radius 3 is 2.51 bits per heavy atom.